The van der Waals surface area contributed by atoms with Gasteiger partial charge in [0.15, 0.2) is 0 Å². The smallest absolute Gasteiger partial charge is 0.247 e. The lowest BCUT2D eigenvalue weighted by atomic mass is 10.1. The highest BCUT2D eigenvalue weighted by molar-refractivity contribution is 6.05. The van der Waals surface area contributed by atoms with Crippen LogP contribution < -0.4 is 5.32 Å². The molecule has 1 atom stereocenters. The zero-order valence-electron chi connectivity index (χ0n) is 12.7. The van der Waals surface area contributed by atoms with Gasteiger partial charge in [0.05, 0.1) is 12.5 Å². The maximum absolute atomic E-state index is 12.6. The molecule has 0 aromatic carbocycles. The van der Waals surface area contributed by atoms with Crippen molar-refractivity contribution in [2.24, 2.45) is 0 Å². The van der Waals surface area contributed by atoms with E-state index in [1.54, 1.807) is 4.90 Å². The van der Waals surface area contributed by atoms with Crippen LogP contribution in [0.5, 0.6) is 0 Å². The van der Waals surface area contributed by atoms with Gasteiger partial charge in [-0.05, 0) is 26.9 Å². The molecule has 0 bridgehead atoms. The molecule has 0 spiro atoms. The second kappa shape index (κ2) is 7.18. The molecule has 0 aromatic rings. The third-order valence-electron chi connectivity index (χ3n) is 4.60. The molecular weight excluding hydrogens is 254 g/mol. The fourth-order valence-electron chi connectivity index (χ4n) is 3.32. The second-order valence-corrected chi connectivity index (χ2v) is 6.05. The number of imide groups is 1. The number of hydrogen-bond acceptors (Lipinski definition) is 4. The monoisotopic (exact) mass is 281 g/mol. The van der Waals surface area contributed by atoms with E-state index in [1.165, 1.54) is 12.8 Å². The van der Waals surface area contributed by atoms with Gasteiger partial charge in [0.25, 0.3) is 0 Å². The van der Waals surface area contributed by atoms with Gasteiger partial charge >= 0.3 is 0 Å². The summed E-state index contributed by atoms with van der Waals surface area (Å²) in [4.78, 5) is 28.4. The summed E-state index contributed by atoms with van der Waals surface area (Å²) in [5.41, 5.74) is 0. The Labute approximate surface area is 121 Å². The molecule has 1 N–H and O–H groups in total. The van der Waals surface area contributed by atoms with E-state index in [2.05, 4.69) is 5.32 Å². The van der Waals surface area contributed by atoms with Crippen LogP contribution in [0.4, 0.5) is 0 Å². The van der Waals surface area contributed by atoms with E-state index in [0.717, 1.165) is 38.8 Å². The van der Waals surface area contributed by atoms with Crippen molar-refractivity contribution in [3.05, 3.63) is 0 Å². The van der Waals surface area contributed by atoms with Gasteiger partial charge in [0.1, 0.15) is 0 Å². The Balaban J connectivity index is 2.00. The number of likely N-dealkylation sites (tertiary alicyclic amines) is 1. The van der Waals surface area contributed by atoms with Crippen molar-refractivity contribution < 1.29 is 9.59 Å². The maximum atomic E-state index is 12.6. The summed E-state index contributed by atoms with van der Waals surface area (Å²) in [6.45, 7) is 1.62. The van der Waals surface area contributed by atoms with E-state index in [0.29, 0.717) is 6.42 Å². The second-order valence-electron chi connectivity index (χ2n) is 6.05. The normalized spacial score (nSPS) is 25.6. The van der Waals surface area contributed by atoms with Crippen LogP contribution >= 0.6 is 0 Å². The van der Waals surface area contributed by atoms with Crippen molar-refractivity contribution in [2.75, 3.05) is 27.2 Å². The number of carbonyl (C=O) groups is 2. The molecule has 2 amide bonds. The summed E-state index contributed by atoms with van der Waals surface area (Å²) >= 11 is 0. The Bertz CT molecular complexity index is 351. The Kier molecular flexibility index (Phi) is 5.54. The molecule has 1 saturated heterocycles. The molecule has 20 heavy (non-hydrogen) atoms. The molecular formula is C15H27N3O2. The summed E-state index contributed by atoms with van der Waals surface area (Å²) < 4.78 is 0. The molecule has 2 rings (SSSR count). The first kappa shape index (κ1) is 15.4. The van der Waals surface area contributed by atoms with Gasteiger partial charge in [-0.15, -0.1) is 0 Å². The van der Waals surface area contributed by atoms with Crippen molar-refractivity contribution in [2.45, 2.75) is 57.0 Å². The Morgan fingerprint density at radius 1 is 1.20 bits per heavy atom. The van der Waals surface area contributed by atoms with E-state index in [-0.39, 0.29) is 23.9 Å². The highest BCUT2D eigenvalue weighted by Gasteiger charge is 2.43. The number of nitrogens with one attached hydrogen (secondary N) is 1. The van der Waals surface area contributed by atoms with Crippen LogP contribution in [0.3, 0.4) is 0 Å². The maximum Gasteiger partial charge on any atom is 0.247 e. The fourth-order valence-corrected chi connectivity index (χ4v) is 3.32. The number of amides is 2. The average molecular weight is 281 g/mol. The third kappa shape index (κ3) is 3.38. The van der Waals surface area contributed by atoms with E-state index < -0.39 is 0 Å². The van der Waals surface area contributed by atoms with Crippen LogP contribution in [0.25, 0.3) is 0 Å². The lowest BCUT2D eigenvalue weighted by molar-refractivity contribution is -0.142. The van der Waals surface area contributed by atoms with E-state index in [9.17, 15) is 9.59 Å². The topological polar surface area (TPSA) is 52.7 Å². The molecule has 0 radical (unpaired) electrons. The van der Waals surface area contributed by atoms with Crippen molar-refractivity contribution >= 4 is 11.8 Å². The summed E-state index contributed by atoms with van der Waals surface area (Å²) in [5, 5.41) is 3.08. The Hall–Kier alpha value is -0.940. The molecule has 1 saturated carbocycles. The minimum absolute atomic E-state index is 0.0282. The lowest BCUT2D eigenvalue weighted by Gasteiger charge is -2.27. The molecule has 1 aliphatic carbocycles. The highest BCUT2D eigenvalue weighted by atomic mass is 16.2. The van der Waals surface area contributed by atoms with Crippen molar-refractivity contribution in [3.63, 3.8) is 0 Å². The van der Waals surface area contributed by atoms with Crippen molar-refractivity contribution in [3.8, 4) is 0 Å². The van der Waals surface area contributed by atoms with Crippen LogP contribution in [0, 0.1) is 0 Å². The number of carbonyl (C=O) groups excluding carboxylic acids is 2. The quantitative estimate of drug-likeness (QED) is 0.603. The van der Waals surface area contributed by atoms with Crippen molar-refractivity contribution in [1.29, 1.82) is 0 Å². The van der Waals surface area contributed by atoms with Crippen LogP contribution in [0.15, 0.2) is 0 Å². The number of likely N-dealkylation sites (N-methyl/N-ethyl adjacent to an activating group) is 2. The first-order valence-corrected chi connectivity index (χ1v) is 7.86. The summed E-state index contributed by atoms with van der Waals surface area (Å²) in [6.07, 6.45) is 7.09. The molecule has 1 heterocycles. The SMILES string of the molecule is CNCCN(C)C1CC(=O)N(C2CCCCCC2)C1=O. The van der Waals surface area contributed by atoms with Crippen LogP contribution in [0.2, 0.25) is 0 Å². The average Bonchev–Trinajstić information content (AvgIpc) is 2.62. The fraction of sp³-hybridized carbons (Fsp3) is 0.867. The van der Waals surface area contributed by atoms with Gasteiger partial charge in [0.2, 0.25) is 11.8 Å². The summed E-state index contributed by atoms with van der Waals surface area (Å²) in [6, 6.07) is -0.0979. The summed E-state index contributed by atoms with van der Waals surface area (Å²) in [5.74, 6) is 0.0590. The first-order valence-electron chi connectivity index (χ1n) is 7.86. The zero-order chi connectivity index (χ0) is 14.5. The predicted octanol–water partition coefficient (Wildman–Crippen LogP) is 0.988. The van der Waals surface area contributed by atoms with Gasteiger partial charge in [-0.2, -0.15) is 0 Å². The van der Waals surface area contributed by atoms with Crippen LogP contribution in [-0.4, -0.2) is 60.9 Å². The Morgan fingerprint density at radius 2 is 1.85 bits per heavy atom. The molecule has 2 fully saturated rings. The standard InChI is InChI=1S/C15H27N3O2/c1-16-9-10-17(2)13-11-14(19)18(15(13)20)12-7-5-3-4-6-8-12/h12-13,16H,3-11H2,1-2H3. The van der Waals surface area contributed by atoms with Gasteiger partial charge in [-0.1, -0.05) is 25.7 Å². The Morgan fingerprint density at radius 3 is 2.45 bits per heavy atom. The largest absolute Gasteiger partial charge is 0.318 e. The molecule has 5 nitrogen and oxygen atoms in total. The van der Waals surface area contributed by atoms with Crippen LogP contribution in [0.1, 0.15) is 44.9 Å². The summed E-state index contributed by atoms with van der Waals surface area (Å²) in [7, 11) is 3.83. The predicted molar refractivity (Wildman–Crippen MR) is 78.3 cm³/mol. The minimum Gasteiger partial charge on any atom is -0.318 e. The number of rotatable bonds is 5. The van der Waals surface area contributed by atoms with Gasteiger partial charge in [0, 0.05) is 19.1 Å². The zero-order valence-corrected chi connectivity index (χ0v) is 12.7. The van der Waals surface area contributed by atoms with E-state index >= 15 is 0 Å². The molecule has 114 valence electrons. The van der Waals surface area contributed by atoms with Gasteiger partial charge in [-0.3, -0.25) is 19.4 Å². The third-order valence-corrected chi connectivity index (χ3v) is 4.60. The van der Waals surface area contributed by atoms with Gasteiger partial charge in [-0.25, -0.2) is 0 Å². The number of nitrogens with zero attached hydrogens (tertiary/aromatic N) is 2. The van der Waals surface area contributed by atoms with Crippen molar-refractivity contribution in [1.82, 2.24) is 15.1 Å². The number of hydrogen-bond donors (Lipinski definition) is 1. The lowest BCUT2D eigenvalue weighted by Crippen LogP contribution is -2.45. The molecule has 0 aromatic heterocycles. The minimum atomic E-state index is -0.251. The molecule has 1 aliphatic heterocycles. The molecule has 1 unspecified atom stereocenters. The van der Waals surface area contributed by atoms with Gasteiger partial charge < -0.3 is 5.32 Å². The highest BCUT2D eigenvalue weighted by Crippen LogP contribution is 2.27. The van der Waals surface area contributed by atoms with E-state index in [4.69, 9.17) is 0 Å². The molecule has 5 heteroatoms. The van der Waals surface area contributed by atoms with E-state index in [1.807, 2.05) is 19.0 Å². The van der Waals surface area contributed by atoms with Crippen LogP contribution in [-0.2, 0) is 9.59 Å². The molecule has 2 aliphatic rings. The first-order chi connectivity index (χ1) is 9.65.